The van der Waals surface area contributed by atoms with Gasteiger partial charge < -0.3 is 5.11 Å². The number of aliphatic hydroxyl groups is 1. The van der Waals surface area contributed by atoms with Crippen LogP contribution in [0, 0.1) is 46.3 Å². The van der Waals surface area contributed by atoms with Gasteiger partial charge in [0.25, 0.3) is 0 Å². The Bertz CT molecular complexity index is 647. The molecule has 3 fully saturated rings. The first-order valence-electron chi connectivity index (χ1n) is 13.6. The van der Waals surface area contributed by atoms with Crippen LogP contribution < -0.4 is 0 Å². The summed E-state index contributed by atoms with van der Waals surface area (Å²) in [5.74, 6) is 3.92. The first kappa shape index (κ1) is 18.5. The average molecular weight is 389 g/mol. The zero-order valence-electron chi connectivity index (χ0n) is 20.9. The molecule has 4 aliphatic carbocycles. The van der Waals surface area contributed by atoms with Crippen molar-refractivity contribution in [3.05, 3.63) is 11.6 Å². The molecule has 0 unspecified atom stereocenters. The summed E-state index contributed by atoms with van der Waals surface area (Å²) >= 11 is 0. The normalized spacial score (nSPS) is 51.1. The Morgan fingerprint density at radius 2 is 2.00 bits per heavy atom. The molecular formula is C27H46O. The first-order chi connectivity index (χ1) is 14.2. The van der Waals surface area contributed by atoms with Crippen LogP contribution in [0.4, 0.5) is 0 Å². The van der Waals surface area contributed by atoms with E-state index in [1.807, 2.05) is 0 Å². The number of hydrogen-bond acceptors (Lipinski definition) is 1. The van der Waals surface area contributed by atoms with Crippen molar-refractivity contribution >= 4 is 0 Å². The van der Waals surface area contributed by atoms with Gasteiger partial charge >= 0.3 is 0 Å². The molecule has 1 nitrogen and oxygen atoms in total. The lowest BCUT2D eigenvalue weighted by atomic mass is 9.47. The van der Waals surface area contributed by atoms with Crippen molar-refractivity contribution in [2.24, 2.45) is 46.3 Å². The summed E-state index contributed by atoms with van der Waals surface area (Å²) < 4.78 is 16.7. The molecule has 4 aliphatic rings. The van der Waals surface area contributed by atoms with Crippen molar-refractivity contribution in [2.45, 2.75) is 111 Å². The quantitative estimate of drug-likeness (QED) is 0.487. The summed E-state index contributed by atoms with van der Waals surface area (Å²) in [6, 6.07) is 0. The van der Waals surface area contributed by atoms with E-state index in [0.29, 0.717) is 41.4 Å². The molecule has 0 aromatic rings. The monoisotopic (exact) mass is 388 g/mol. The van der Waals surface area contributed by atoms with E-state index in [4.69, 9.17) is 2.74 Å². The lowest BCUT2D eigenvalue weighted by molar-refractivity contribution is -0.0573. The average Bonchev–Trinajstić information content (AvgIpc) is 2.98. The minimum atomic E-state index is -0.123. The van der Waals surface area contributed by atoms with Crippen molar-refractivity contribution in [2.75, 3.05) is 0 Å². The SMILES string of the molecule is [2H]C[C@H](C)CCC[C@@H](C)[C@H]1[C@@H]([2H])C[C@H]2[C@@H]3CC=C4C[C@@H](O)CC[C@]4(C)[C@H]3CC[C@]12C. The van der Waals surface area contributed by atoms with Crippen LogP contribution in [0.15, 0.2) is 11.6 Å². The highest BCUT2D eigenvalue weighted by molar-refractivity contribution is 5.25. The third-order valence-corrected chi connectivity index (χ3v) is 9.89. The molecule has 0 radical (unpaired) electrons. The van der Waals surface area contributed by atoms with E-state index in [2.05, 4.69) is 33.8 Å². The summed E-state index contributed by atoms with van der Waals surface area (Å²) in [7, 11) is 0. The third-order valence-electron chi connectivity index (χ3n) is 9.89. The molecule has 3 saturated carbocycles. The Balaban J connectivity index is 1.50. The topological polar surface area (TPSA) is 20.2 Å². The molecule has 10 atom stereocenters. The molecule has 0 bridgehead atoms. The number of rotatable bonds is 5. The second-order valence-corrected chi connectivity index (χ2v) is 11.7. The highest BCUT2D eigenvalue weighted by Crippen LogP contribution is 2.67. The molecule has 0 aliphatic heterocycles. The van der Waals surface area contributed by atoms with E-state index in [0.717, 1.165) is 37.5 Å². The maximum atomic E-state index is 10.2. The molecule has 28 heavy (non-hydrogen) atoms. The molecule has 0 amide bonds. The van der Waals surface area contributed by atoms with Gasteiger partial charge in [-0.05, 0) is 97.7 Å². The number of hydrogen-bond donors (Lipinski definition) is 1. The summed E-state index contributed by atoms with van der Waals surface area (Å²) in [6.45, 7) is 10.2. The Morgan fingerprint density at radius 1 is 1.18 bits per heavy atom. The van der Waals surface area contributed by atoms with Gasteiger partial charge in [0.1, 0.15) is 0 Å². The molecule has 0 spiro atoms. The van der Waals surface area contributed by atoms with Crippen LogP contribution in [0.25, 0.3) is 0 Å². The van der Waals surface area contributed by atoms with E-state index >= 15 is 0 Å². The van der Waals surface area contributed by atoms with E-state index < -0.39 is 0 Å². The first-order valence-corrected chi connectivity index (χ1v) is 12.3. The molecule has 160 valence electrons. The van der Waals surface area contributed by atoms with Gasteiger partial charge in [0, 0.05) is 2.74 Å². The fourth-order valence-corrected chi connectivity index (χ4v) is 8.26. The largest absolute Gasteiger partial charge is 0.393 e. The zero-order valence-corrected chi connectivity index (χ0v) is 18.9. The molecule has 0 saturated heterocycles. The molecule has 0 aromatic heterocycles. The van der Waals surface area contributed by atoms with Gasteiger partial charge in [0.15, 0.2) is 0 Å². The van der Waals surface area contributed by atoms with Gasteiger partial charge in [0.2, 0.25) is 0 Å². The third kappa shape index (κ3) is 3.42. The van der Waals surface area contributed by atoms with Crippen molar-refractivity contribution in [1.29, 1.82) is 0 Å². The smallest absolute Gasteiger partial charge is 0.0577 e. The van der Waals surface area contributed by atoms with Crippen molar-refractivity contribution in [3.63, 3.8) is 0 Å². The van der Waals surface area contributed by atoms with Gasteiger partial charge in [-0.1, -0.05) is 65.5 Å². The Kier molecular flexibility index (Phi) is 5.11. The molecule has 0 heterocycles. The van der Waals surface area contributed by atoms with Crippen LogP contribution in [-0.2, 0) is 0 Å². The Labute approximate surface area is 177 Å². The molecule has 4 rings (SSSR count). The lowest BCUT2D eigenvalue weighted by Crippen LogP contribution is -2.50. The summed E-state index contributed by atoms with van der Waals surface area (Å²) in [5, 5.41) is 10.2. The maximum absolute atomic E-state index is 10.2. The van der Waals surface area contributed by atoms with E-state index in [1.165, 1.54) is 38.5 Å². The molecule has 1 heteroatoms. The Hall–Kier alpha value is -0.300. The van der Waals surface area contributed by atoms with Crippen molar-refractivity contribution < 1.29 is 7.85 Å². The van der Waals surface area contributed by atoms with E-state index in [9.17, 15) is 5.11 Å². The highest BCUT2D eigenvalue weighted by atomic mass is 16.3. The van der Waals surface area contributed by atoms with Crippen LogP contribution in [0.2, 0.25) is 0 Å². The van der Waals surface area contributed by atoms with Gasteiger partial charge in [-0.2, -0.15) is 0 Å². The minimum absolute atomic E-state index is 0.105. The predicted molar refractivity (Wildman–Crippen MR) is 119 cm³/mol. The number of fused-ring (bicyclic) bond motifs is 5. The minimum Gasteiger partial charge on any atom is -0.393 e. The van der Waals surface area contributed by atoms with Crippen LogP contribution in [0.1, 0.15) is 108 Å². The van der Waals surface area contributed by atoms with Gasteiger partial charge in [-0.15, -0.1) is 0 Å². The van der Waals surface area contributed by atoms with Crippen molar-refractivity contribution in [3.8, 4) is 0 Å². The van der Waals surface area contributed by atoms with E-state index in [1.54, 1.807) is 5.57 Å². The van der Waals surface area contributed by atoms with Crippen LogP contribution in [-0.4, -0.2) is 11.2 Å². The fraction of sp³-hybridized carbons (Fsp3) is 0.926. The van der Waals surface area contributed by atoms with Gasteiger partial charge in [-0.3, -0.25) is 0 Å². The molecule has 1 N–H and O–H groups in total. The summed E-state index contributed by atoms with van der Waals surface area (Å²) in [5.41, 5.74) is 2.20. The van der Waals surface area contributed by atoms with Crippen molar-refractivity contribution in [1.82, 2.24) is 0 Å². The predicted octanol–water partition coefficient (Wildman–Crippen LogP) is 7.39. The lowest BCUT2D eigenvalue weighted by Gasteiger charge is -2.58. The zero-order chi connectivity index (χ0) is 21.7. The summed E-state index contributed by atoms with van der Waals surface area (Å²) in [4.78, 5) is 0. The highest BCUT2D eigenvalue weighted by Gasteiger charge is 2.59. The van der Waals surface area contributed by atoms with Gasteiger partial charge in [0.05, 0.1) is 6.10 Å². The van der Waals surface area contributed by atoms with Crippen LogP contribution in [0.3, 0.4) is 0 Å². The standard InChI is InChI=1S/C27H46O/c1-18(2)7-6-8-19(3)23-11-12-24-22-10-9-20-17-21(28)13-15-26(20,4)25(22)14-16-27(23,24)5/h9,18-19,21-25,28H,6-8,10-17H2,1-5H3/t19-,21+,22+,23-,24+,25+,26+,27-/m1/s1/i1D,11D/t11-,18+,19+,21-,22-,23+,24-,25-,26-,27+/m0. The molecular weight excluding hydrogens is 340 g/mol. The van der Waals surface area contributed by atoms with Crippen LogP contribution >= 0.6 is 0 Å². The second-order valence-electron chi connectivity index (χ2n) is 11.7. The molecule has 0 aromatic carbocycles. The van der Waals surface area contributed by atoms with E-state index in [-0.39, 0.29) is 12.5 Å². The fourth-order valence-electron chi connectivity index (χ4n) is 8.26. The number of allylic oxidation sites excluding steroid dienone is 1. The maximum Gasteiger partial charge on any atom is 0.0577 e. The number of aliphatic hydroxyl groups excluding tert-OH is 1. The summed E-state index contributed by atoms with van der Waals surface area (Å²) in [6.07, 6.45) is 14.1. The van der Waals surface area contributed by atoms with Gasteiger partial charge in [-0.25, -0.2) is 0 Å². The van der Waals surface area contributed by atoms with Crippen LogP contribution in [0.5, 0.6) is 0 Å². The second kappa shape index (κ2) is 7.75. The Morgan fingerprint density at radius 3 is 2.79 bits per heavy atom.